The van der Waals surface area contributed by atoms with Gasteiger partial charge in [0.15, 0.2) is 0 Å². The molecule has 0 radical (unpaired) electrons. The summed E-state index contributed by atoms with van der Waals surface area (Å²) in [4.78, 5) is 0. The molecule has 1 rings (SSSR count). The van der Waals surface area contributed by atoms with Crippen molar-refractivity contribution in [3.05, 3.63) is 35.7 Å². The Morgan fingerprint density at radius 3 is 1.94 bits per heavy atom. The minimum absolute atomic E-state index is 0.113. The van der Waals surface area contributed by atoms with Crippen LogP contribution in [-0.2, 0) is 0 Å². The summed E-state index contributed by atoms with van der Waals surface area (Å²) in [5.74, 6) is 2.54. The smallest absolute Gasteiger partial charge is 0.00939 e. The monoisotopic (exact) mass is 236 g/mol. The zero-order valence-corrected chi connectivity index (χ0v) is 12.4. The van der Waals surface area contributed by atoms with Crippen molar-refractivity contribution in [1.29, 1.82) is 0 Å². The summed E-state index contributed by atoms with van der Waals surface area (Å²) < 4.78 is 0. The highest BCUT2D eigenvalue weighted by Crippen LogP contribution is 2.61. The van der Waals surface area contributed by atoms with Crippen LogP contribution < -0.4 is 0 Å². The van der Waals surface area contributed by atoms with Crippen LogP contribution in [0.1, 0.15) is 48.0 Å². The lowest BCUT2D eigenvalue weighted by atomic mass is 10.1. The molecule has 1 aliphatic carbocycles. The predicted octanol–water partition coefficient (Wildman–Crippen LogP) is 5.47. The number of allylic oxidation sites excluding steroid dienone is 5. The van der Waals surface area contributed by atoms with E-state index in [1.54, 1.807) is 0 Å². The lowest BCUT2D eigenvalue weighted by molar-refractivity contribution is 0.713. The maximum absolute atomic E-state index is 2.54. The third kappa shape index (κ3) is 3.91. The van der Waals surface area contributed by atoms with Gasteiger partial charge in [-0.05, 0) is 22.3 Å². The van der Waals surface area contributed by atoms with Gasteiger partial charge in [-0.3, -0.25) is 0 Å². The maximum Gasteiger partial charge on any atom is -0.00939 e. The van der Waals surface area contributed by atoms with Gasteiger partial charge in [-0.15, -0.1) is 0 Å². The van der Waals surface area contributed by atoms with Gasteiger partial charge in [-0.2, -0.15) is 0 Å². The van der Waals surface area contributed by atoms with Crippen LogP contribution in [0.5, 0.6) is 0 Å². The molecule has 0 unspecified atom stereocenters. The van der Waals surface area contributed by atoms with Gasteiger partial charge in [0, 0.05) is 0 Å². The molecule has 0 amide bonds. The second-order valence-corrected chi connectivity index (χ2v) is 10.1. The van der Waals surface area contributed by atoms with Crippen molar-refractivity contribution in [1.82, 2.24) is 0 Å². The van der Waals surface area contributed by atoms with Crippen molar-refractivity contribution in [2.24, 2.45) is 0 Å². The van der Waals surface area contributed by atoms with E-state index in [0.717, 1.165) is 6.42 Å². The Morgan fingerprint density at radius 2 is 1.56 bits per heavy atom. The fraction of sp³-hybridized carbons (Fsp3) is 0.600. The molecule has 1 aliphatic rings. The topological polar surface area (TPSA) is 0 Å². The van der Waals surface area contributed by atoms with Crippen LogP contribution >= 0.6 is 7.92 Å². The fourth-order valence-electron chi connectivity index (χ4n) is 2.18. The molecule has 1 heteroatoms. The van der Waals surface area contributed by atoms with Gasteiger partial charge in [0.05, 0.1) is 0 Å². The first-order chi connectivity index (χ1) is 7.21. The molecule has 0 saturated carbocycles. The Morgan fingerprint density at radius 1 is 1.00 bits per heavy atom. The van der Waals surface area contributed by atoms with Gasteiger partial charge >= 0.3 is 0 Å². The number of hydrogen-bond acceptors (Lipinski definition) is 0. The highest BCUT2D eigenvalue weighted by molar-refractivity contribution is 7.64. The van der Waals surface area contributed by atoms with Crippen molar-refractivity contribution in [3.63, 3.8) is 0 Å². The van der Waals surface area contributed by atoms with E-state index >= 15 is 0 Å². The molecule has 0 nitrogen and oxygen atoms in total. The Hall–Kier alpha value is -0.350. The maximum atomic E-state index is 2.54. The van der Waals surface area contributed by atoms with Crippen LogP contribution in [0.3, 0.4) is 0 Å². The highest BCUT2D eigenvalue weighted by atomic mass is 31.1. The molecular formula is C15H25P. The van der Waals surface area contributed by atoms with Crippen LogP contribution in [0.15, 0.2) is 35.7 Å². The third-order valence-corrected chi connectivity index (χ3v) is 6.13. The molecule has 0 heterocycles. The third-order valence-electron chi connectivity index (χ3n) is 2.65. The molecule has 0 atom stereocenters. The SMILES string of the molecule is CC(C)(C)P(C=C1C=CC=CC1)C(C)(C)C. The summed E-state index contributed by atoms with van der Waals surface area (Å²) in [5.41, 5.74) is 1.48. The van der Waals surface area contributed by atoms with E-state index in [2.05, 4.69) is 71.7 Å². The van der Waals surface area contributed by atoms with Crippen LogP contribution in [0, 0.1) is 0 Å². The van der Waals surface area contributed by atoms with E-state index in [1.807, 2.05) is 0 Å². The quantitative estimate of drug-likeness (QED) is 0.530. The Labute approximate surface area is 102 Å². The second-order valence-electron chi connectivity index (χ2n) is 6.41. The van der Waals surface area contributed by atoms with Gasteiger partial charge in [0.1, 0.15) is 0 Å². The summed E-state index contributed by atoms with van der Waals surface area (Å²) in [6, 6.07) is 0. The molecule has 0 N–H and O–H groups in total. The fourth-order valence-corrected chi connectivity index (χ4v) is 5.50. The van der Waals surface area contributed by atoms with Gasteiger partial charge in [0.2, 0.25) is 0 Å². The summed E-state index contributed by atoms with van der Waals surface area (Å²) in [6.45, 7) is 14.2. The normalized spacial score (nSPS) is 19.8. The Bertz CT molecular complexity index is 304. The minimum atomic E-state index is -0.113. The molecule has 0 aromatic carbocycles. The van der Waals surface area contributed by atoms with Crippen molar-refractivity contribution >= 4 is 7.92 Å². The van der Waals surface area contributed by atoms with Crippen LogP contribution in [-0.4, -0.2) is 10.3 Å². The summed E-state index contributed by atoms with van der Waals surface area (Å²) in [7, 11) is -0.113. The lowest BCUT2D eigenvalue weighted by Gasteiger charge is -2.40. The molecule has 16 heavy (non-hydrogen) atoms. The average molecular weight is 236 g/mol. The molecule has 90 valence electrons. The Kier molecular flexibility index (Phi) is 4.18. The van der Waals surface area contributed by atoms with Crippen molar-refractivity contribution < 1.29 is 0 Å². The first kappa shape index (κ1) is 13.7. The molecule has 0 aromatic heterocycles. The van der Waals surface area contributed by atoms with Crippen molar-refractivity contribution in [2.75, 3.05) is 0 Å². The molecular weight excluding hydrogens is 211 g/mol. The number of hydrogen-bond donors (Lipinski definition) is 0. The highest BCUT2D eigenvalue weighted by Gasteiger charge is 2.32. The van der Waals surface area contributed by atoms with E-state index < -0.39 is 0 Å². The van der Waals surface area contributed by atoms with E-state index in [-0.39, 0.29) is 7.92 Å². The molecule has 0 aliphatic heterocycles. The first-order valence-corrected chi connectivity index (χ1v) is 7.46. The van der Waals surface area contributed by atoms with E-state index in [1.165, 1.54) is 5.57 Å². The standard InChI is InChI=1S/C15H25P/c1-14(2,3)16(15(4,5)6)12-13-10-8-7-9-11-13/h7-10,12H,11H2,1-6H3. The summed E-state index contributed by atoms with van der Waals surface area (Å²) in [5, 5.41) is 0.769. The van der Waals surface area contributed by atoms with E-state index in [4.69, 9.17) is 0 Å². The predicted molar refractivity (Wildman–Crippen MR) is 77.4 cm³/mol. The first-order valence-electron chi connectivity index (χ1n) is 6.04. The van der Waals surface area contributed by atoms with Gasteiger partial charge < -0.3 is 0 Å². The minimum Gasteiger partial charge on any atom is -0.0801 e. The summed E-state index contributed by atoms with van der Waals surface area (Å²) in [6.07, 6.45) is 9.88. The van der Waals surface area contributed by atoms with Gasteiger partial charge in [-0.25, -0.2) is 0 Å². The van der Waals surface area contributed by atoms with Crippen LogP contribution in [0.25, 0.3) is 0 Å². The van der Waals surface area contributed by atoms with E-state index in [0.29, 0.717) is 10.3 Å². The molecule has 0 aromatic rings. The largest absolute Gasteiger partial charge is 0.0801 e. The van der Waals surface area contributed by atoms with E-state index in [9.17, 15) is 0 Å². The average Bonchev–Trinajstić information content (AvgIpc) is 2.12. The van der Waals surface area contributed by atoms with Gasteiger partial charge in [0.25, 0.3) is 0 Å². The second kappa shape index (κ2) is 4.88. The molecule has 0 bridgehead atoms. The van der Waals surface area contributed by atoms with Crippen molar-refractivity contribution in [3.8, 4) is 0 Å². The molecule has 0 saturated heterocycles. The van der Waals surface area contributed by atoms with Crippen LogP contribution in [0.4, 0.5) is 0 Å². The van der Waals surface area contributed by atoms with Gasteiger partial charge in [-0.1, -0.05) is 79.6 Å². The summed E-state index contributed by atoms with van der Waals surface area (Å²) >= 11 is 0. The zero-order chi connectivity index (χ0) is 12.4. The molecule has 0 fully saturated rings. The lowest BCUT2D eigenvalue weighted by Crippen LogP contribution is -2.23. The van der Waals surface area contributed by atoms with Crippen LogP contribution in [0.2, 0.25) is 0 Å². The van der Waals surface area contributed by atoms with Crippen molar-refractivity contribution in [2.45, 2.75) is 58.3 Å². The molecule has 0 spiro atoms. The Balaban J connectivity index is 2.96. The zero-order valence-electron chi connectivity index (χ0n) is 11.5. The number of rotatable bonds is 1.